The molecule has 8 heteroatoms. The van der Waals surface area contributed by atoms with E-state index in [0.717, 1.165) is 22.0 Å². The summed E-state index contributed by atoms with van der Waals surface area (Å²) in [6.45, 7) is 4.12. The summed E-state index contributed by atoms with van der Waals surface area (Å²) < 4.78 is 13.8. The molecule has 1 saturated heterocycles. The van der Waals surface area contributed by atoms with Gasteiger partial charge in [0.2, 0.25) is 5.91 Å². The lowest BCUT2D eigenvalue weighted by Crippen LogP contribution is -2.50. The Morgan fingerprint density at radius 3 is 2.59 bits per heavy atom. The average Bonchev–Trinajstić information content (AvgIpc) is 2.85. The van der Waals surface area contributed by atoms with Crippen molar-refractivity contribution >= 4 is 29.3 Å². The van der Waals surface area contributed by atoms with Crippen LogP contribution < -0.4 is 5.32 Å². The van der Waals surface area contributed by atoms with Gasteiger partial charge in [0.15, 0.2) is 0 Å². The summed E-state index contributed by atoms with van der Waals surface area (Å²) in [6.07, 6.45) is 1.77. The van der Waals surface area contributed by atoms with Crippen LogP contribution in [-0.2, 0) is 10.5 Å². The minimum absolute atomic E-state index is 0.0880. The lowest BCUT2D eigenvalue weighted by molar-refractivity contribution is -0.117. The van der Waals surface area contributed by atoms with E-state index in [2.05, 4.69) is 10.3 Å². The van der Waals surface area contributed by atoms with E-state index in [9.17, 15) is 14.0 Å². The van der Waals surface area contributed by atoms with Crippen LogP contribution >= 0.6 is 11.8 Å². The Hall–Kier alpha value is -3.23. The van der Waals surface area contributed by atoms with Gasteiger partial charge in [0.1, 0.15) is 5.82 Å². The first-order valence-corrected chi connectivity index (χ1v) is 12.2. The van der Waals surface area contributed by atoms with Gasteiger partial charge in [0.25, 0.3) is 5.91 Å². The number of carbonyl (C=O) groups excluding carboxylic acids is 2. The number of piperazine rings is 1. The zero-order valence-electron chi connectivity index (χ0n) is 19.0. The molecule has 0 saturated carbocycles. The molecule has 2 amide bonds. The molecule has 1 aliphatic heterocycles. The third kappa shape index (κ3) is 6.42. The zero-order valence-corrected chi connectivity index (χ0v) is 19.9. The fourth-order valence-electron chi connectivity index (χ4n) is 3.75. The number of anilines is 1. The van der Waals surface area contributed by atoms with E-state index in [1.807, 2.05) is 47.4 Å². The van der Waals surface area contributed by atoms with Gasteiger partial charge in [-0.2, -0.15) is 0 Å². The van der Waals surface area contributed by atoms with Crippen molar-refractivity contribution in [3.8, 4) is 0 Å². The van der Waals surface area contributed by atoms with E-state index in [4.69, 9.17) is 0 Å². The SMILES string of the molecule is Cc1ccc(C(=O)N2CCN(CC(=O)Nc3cccc(CSc4ccccn4)c3)CC2)cc1F. The van der Waals surface area contributed by atoms with Crippen molar-refractivity contribution in [3.05, 3.63) is 89.4 Å². The lowest BCUT2D eigenvalue weighted by atomic mass is 10.1. The highest BCUT2D eigenvalue weighted by Crippen LogP contribution is 2.22. The second-order valence-corrected chi connectivity index (χ2v) is 9.23. The molecule has 0 atom stereocenters. The molecule has 6 nitrogen and oxygen atoms in total. The standard InChI is InChI=1S/C26H27FN4O2S/c1-19-8-9-21(16-23(19)27)26(33)31-13-11-30(12-14-31)17-24(32)29-22-6-4-5-20(15-22)18-34-25-7-2-3-10-28-25/h2-10,15-16H,11-14,17-18H2,1H3,(H,29,32). The van der Waals surface area contributed by atoms with E-state index in [0.29, 0.717) is 37.3 Å². The maximum absolute atomic E-state index is 13.8. The van der Waals surface area contributed by atoms with Gasteiger partial charge in [0, 0.05) is 49.4 Å². The largest absolute Gasteiger partial charge is 0.336 e. The third-order valence-corrected chi connectivity index (χ3v) is 6.70. The van der Waals surface area contributed by atoms with Gasteiger partial charge in [-0.3, -0.25) is 14.5 Å². The summed E-state index contributed by atoms with van der Waals surface area (Å²) in [5.41, 5.74) is 2.74. The van der Waals surface area contributed by atoms with Crippen molar-refractivity contribution in [2.75, 3.05) is 38.0 Å². The van der Waals surface area contributed by atoms with Crippen molar-refractivity contribution in [1.29, 1.82) is 0 Å². The number of rotatable bonds is 7. The van der Waals surface area contributed by atoms with Gasteiger partial charge in [-0.1, -0.05) is 24.3 Å². The van der Waals surface area contributed by atoms with Crippen LogP contribution in [-0.4, -0.2) is 59.3 Å². The molecule has 1 aliphatic rings. The van der Waals surface area contributed by atoms with Crippen LogP contribution in [0.1, 0.15) is 21.5 Å². The maximum atomic E-state index is 13.8. The summed E-state index contributed by atoms with van der Waals surface area (Å²) >= 11 is 1.65. The van der Waals surface area contributed by atoms with Gasteiger partial charge in [-0.15, -0.1) is 11.8 Å². The molecule has 176 valence electrons. The fourth-order valence-corrected chi connectivity index (χ4v) is 4.55. The minimum Gasteiger partial charge on any atom is -0.336 e. The number of benzene rings is 2. The number of nitrogens with zero attached hydrogens (tertiary/aromatic N) is 3. The number of nitrogens with one attached hydrogen (secondary N) is 1. The number of aryl methyl sites for hydroxylation is 1. The fraction of sp³-hybridized carbons (Fsp3) is 0.269. The molecule has 0 bridgehead atoms. The molecule has 2 aromatic carbocycles. The predicted molar refractivity (Wildman–Crippen MR) is 132 cm³/mol. The topological polar surface area (TPSA) is 65.5 Å². The molecule has 0 spiro atoms. The van der Waals surface area contributed by atoms with Crippen molar-refractivity contribution in [2.24, 2.45) is 0 Å². The van der Waals surface area contributed by atoms with Crippen molar-refractivity contribution < 1.29 is 14.0 Å². The van der Waals surface area contributed by atoms with Crippen molar-refractivity contribution in [1.82, 2.24) is 14.8 Å². The first-order chi connectivity index (χ1) is 16.5. The smallest absolute Gasteiger partial charge is 0.254 e. The zero-order chi connectivity index (χ0) is 23.9. The van der Waals surface area contributed by atoms with Gasteiger partial charge >= 0.3 is 0 Å². The molecule has 1 N–H and O–H groups in total. The van der Waals surface area contributed by atoms with Crippen LogP contribution in [0.2, 0.25) is 0 Å². The Morgan fingerprint density at radius 1 is 1.03 bits per heavy atom. The summed E-state index contributed by atoms with van der Waals surface area (Å²) in [6, 6.07) is 18.2. The van der Waals surface area contributed by atoms with E-state index in [-0.39, 0.29) is 24.2 Å². The highest BCUT2D eigenvalue weighted by molar-refractivity contribution is 7.98. The third-order valence-electron chi connectivity index (χ3n) is 5.68. The van der Waals surface area contributed by atoms with Crippen molar-refractivity contribution in [2.45, 2.75) is 17.7 Å². The molecule has 4 rings (SSSR count). The minimum atomic E-state index is -0.374. The van der Waals surface area contributed by atoms with E-state index in [1.54, 1.807) is 41.9 Å². The first-order valence-electron chi connectivity index (χ1n) is 11.2. The van der Waals surface area contributed by atoms with Gasteiger partial charge in [0.05, 0.1) is 11.6 Å². The molecule has 0 aliphatic carbocycles. The summed E-state index contributed by atoms with van der Waals surface area (Å²) in [5.74, 6) is 0.126. The predicted octanol–water partition coefficient (Wildman–Crippen LogP) is 4.22. The maximum Gasteiger partial charge on any atom is 0.254 e. The quantitative estimate of drug-likeness (QED) is 0.515. The molecule has 1 fully saturated rings. The molecule has 0 unspecified atom stereocenters. The van der Waals surface area contributed by atoms with E-state index < -0.39 is 0 Å². The second kappa shape index (κ2) is 11.3. The number of carbonyl (C=O) groups is 2. The normalized spacial score (nSPS) is 14.1. The highest BCUT2D eigenvalue weighted by atomic mass is 32.2. The molecular weight excluding hydrogens is 451 g/mol. The summed E-state index contributed by atoms with van der Waals surface area (Å²) in [4.78, 5) is 33.3. The monoisotopic (exact) mass is 478 g/mol. The summed E-state index contributed by atoms with van der Waals surface area (Å²) in [5, 5.41) is 3.93. The Morgan fingerprint density at radius 2 is 1.85 bits per heavy atom. The van der Waals surface area contributed by atoms with Crippen LogP contribution in [0.25, 0.3) is 0 Å². The Labute approximate surface area is 203 Å². The van der Waals surface area contributed by atoms with Crippen molar-refractivity contribution in [3.63, 3.8) is 0 Å². The molecule has 1 aromatic heterocycles. The first kappa shape index (κ1) is 23.9. The number of thioether (sulfide) groups is 1. The molecule has 0 radical (unpaired) electrons. The van der Waals surface area contributed by atoms with Crippen LogP contribution in [0.15, 0.2) is 71.9 Å². The van der Waals surface area contributed by atoms with Gasteiger partial charge < -0.3 is 10.2 Å². The van der Waals surface area contributed by atoms with Crippen LogP contribution in [0.3, 0.4) is 0 Å². The van der Waals surface area contributed by atoms with Crippen LogP contribution in [0, 0.1) is 12.7 Å². The van der Waals surface area contributed by atoms with Crippen LogP contribution in [0.5, 0.6) is 0 Å². The molecule has 34 heavy (non-hydrogen) atoms. The van der Waals surface area contributed by atoms with E-state index in [1.165, 1.54) is 6.07 Å². The van der Waals surface area contributed by atoms with Crippen LogP contribution in [0.4, 0.5) is 10.1 Å². The Bertz CT molecular complexity index is 1150. The van der Waals surface area contributed by atoms with Gasteiger partial charge in [-0.05, 0) is 54.4 Å². The number of hydrogen-bond donors (Lipinski definition) is 1. The summed E-state index contributed by atoms with van der Waals surface area (Å²) in [7, 11) is 0. The lowest BCUT2D eigenvalue weighted by Gasteiger charge is -2.34. The van der Waals surface area contributed by atoms with E-state index >= 15 is 0 Å². The number of amides is 2. The molecular formula is C26H27FN4O2S. The Kier molecular flexibility index (Phi) is 7.92. The molecule has 2 heterocycles. The number of pyridine rings is 1. The second-order valence-electron chi connectivity index (χ2n) is 8.24. The highest BCUT2D eigenvalue weighted by Gasteiger charge is 2.23. The molecule has 3 aromatic rings. The number of hydrogen-bond acceptors (Lipinski definition) is 5. The Balaban J connectivity index is 1.24. The van der Waals surface area contributed by atoms with Gasteiger partial charge in [-0.25, -0.2) is 9.37 Å². The number of halogens is 1. The number of aromatic nitrogens is 1. The average molecular weight is 479 g/mol.